The predicted molar refractivity (Wildman–Crippen MR) is 119 cm³/mol. The number of carbonyl (C=O) groups is 1. The van der Waals surface area contributed by atoms with Crippen molar-refractivity contribution in [3.8, 4) is 0 Å². The number of nitro benzene ring substituents is 1. The van der Waals surface area contributed by atoms with Crippen molar-refractivity contribution < 1.29 is 9.72 Å². The van der Waals surface area contributed by atoms with E-state index in [-0.39, 0.29) is 28.5 Å². The molecule has 1 fully saturated rings. The molecule has 1 unspecified atom stereocenters. The van der Waals surface area contributed by atoms with Gasteiger partial charge in [0.25, 0.3) is 5.69 Å². The summed E-state index contributed by atoms with van der Waals surface area (Å²) in [5.41, 5.74) is 2.01. The number of amides is 1. The van der Waals surface area contributed by atoms with Gasteiger partial charge in [-0.1, -0.05) is 42.5 Å². The second kappa shape index (κ2) is 10.2. The summed E-state index contributed by atoms with van der Waals surface area (Å²) < 4.78 is 0. The van der Waals surface area contributed by atoms with Gasteiger partial charge in [-0.05, 0) is 45.0 Å². The highest BCUT2D eigenvalue weighted by atomic mass is 16.6. The third kappa shape index (κ3) is 5.57. The van der Waals surface area contributed by atoms with E-state index in [2.05, 4.69) is 22.3 Å². The van der Waals surface area contributed by atoms with Crippen LogP contribution in [0.3, 0.4) is 0 Å². The summed E-state index contributed by atoms with van der Waals surface area (Å²) in [6, 6.07) is 17.3. The summed E-state index contributed by atoms with van der Waals surface area (Å²) in [6.45, 7) is 1.89. The molecule has 2 aromatic rings. The summed E-state index contributed by atoms with van der Waals surface area (Å²) in [4.78, 5) is 27.8. The van der Waals surface area contributed by atoms with Crippen LogP contribution in [0.1, 0.15) is 18.4 Å². The second-order valence-electron chi connectivity index (χ2n) is 8.06. The second-order valence-corrected chi connectivity index (χ2v) is 8.06. The van der Waals surface area contributed by atoms with Crippen molar-refractivity contribution in [2.45, 2.75) is 25.3 Å². The van der Waals surface area contributed by atoms with Crippen molar-refractivity contribution in [3.63, 3.8) is 0 Å². The Kier molecular flexibility index (Phi) is 7.41. The fourth-order valence-electron chi connectivity index (χ4n) is 3.95. The molecular formula is C23H30N4O3. The Morgan fingerprint density at radius 2 is 1.77 bits per heavy atom. The van der Waals surface area contributed by atoms with Crippen LogP contribution >= 0.6 is 0 Å². The van der Waals surface area contributed by atoms with Crippen LogP contribution in [0, 0.1) is 16.0 Å². The van der Waals surface area contributed by atoms with Crippen molar-refractivity contribution in [1.29, 1.82) is 0 Å². The molecule has 1 heterocycles. The normalized spacial score (nSPS) is 15.8. The minimum absolute atomic E-state index is 0.0523. The van der Waals surface area contributed by atoms with Gasteiger partial charge in [0.15, 0.2) is 0 Å². The topological polar surface area (TPSA) is 78.7 Å². The van der Waals surface area contributed by atoms with Crippen LogP contribution in [0.4, 0.5) is 11.4 Å². The van der Waals surface area contributed by atoms with Gasteiger partial charge in [-0.15, -0.1) is 0 Å². The molecule has 0 aliphatic carbocycles. The molecule has 3 rings (SSSR count). The van der Waals surface area contributed by atoms with Crippen LogP contribution in [-0.2, 0) is 11.2 Å². The number of piperidine rings is 1. The lowest BCUT2D eigenvalue weighted by Crippen LogP contribution is -2.45. The van der Waals surface area contributed by atoms with E-state index in [9.17, 15) is 14.9 Å². The monoisotopic (exact) mass is 410 g/mol. The van der Waals surface area contributed by atoms with Crippen LogP contribution in [0.15, 0.2) is 54.6 Å². The Balaban J connectivity index is 1.52. The number of para-hydroxylation sites is 2. The lowest BCUT2D eigenvalue weighted by Gasteiger charge is -2.33. The molecule has 2 aromatic carbocycles. The maximum atomic E-state index is 12.7. The summed E-state index contributed by atoms with van der Waals surface area (Å²) in [5.74, 6) is 0.0284. The smallest absolute Gasteiger partial charge is 0.292 e. The number of likely N-dealkylation sites (N-methyl/N-ethyl adjacent to an activating group) is 1. The quantitative estimate of drug-likeness (QED) is 0.534. The Bertz CT molecular complexity index is 849. The molecule has 0 aromatic heterocycles. The van der Waals surface area contributed by atoms with Gasteiger partial charge in [0.2, 0.25) is 5.91 Å². The fraction of sp³-hybridized carbons (Fsp3) is 0.435. The summed E-state index contributed by atoms with van der Waals surface area (Å²) in [5, 5.41) is 14.4. The average molecular weight is 411 g/mol. The molecule has 0 saturated carbocycles. The van der Waals surface area contributed by atoms with E-state index in [0.29, 0.717) is 38.2 Å². The Morgan fingerprint density at radius 1 is 1.13 bits per heavy atom. The van der Waals surface area contributed by atoms with E-state index < -0.39 is 0 Å². The van der Waals surface area contributed by atoms with Crippen LogP contribution in [0.25, 0.3) is 0 Å². The zero-order valence-electron chi connectivity index (χ0n) is 17.7. The van der Waals surface area contributed by atoms with Crippen LogP contribution in [-0.4, -0.2) is 55.5 Å². The number of nitro groups is 1. The summed E-state index contributed by atoms with van der Waals surface area (Å²) >= 11 is 0. The molecule has 1 N–H and O–H groups in total. The Labute approximate surface area is 177 Å². The fourth-order valence-corrected chi connectivity index (χ4v) is 3.95. The minimum Gasteiger partial charge on any atom is -0.366 e. The first-order chi connectivity index (χ1) is 14.5. The van der Waals surface area contributed by atoms with Crippen molar-refractivity contribution in [2.24, 2.45) is 5.92 Å². The predicted octanol–water partition coefficient (Wildman–Crippen LogP) is 3.10. The Hall–Kier alpha value is -2.93. The molecule has 30 heavy (non-hydrogen) atoms. The first kappa shape index (κ1) is 21.8. The molecule has 7 nitrogen and oxygen atoms in total. The maximum absolute atomic E-state index is 12.7. The third-order valence-corrected chi connectivity index (χ3v) is 5.84. The molecule has 0 radical (unpaired) electrons. The van der Waals surface area contributed by atoms with E-state index in [1.807, 2.05) is 43.3 Å². The molecule has 1 atom stereocenters. The van der Waals surface area contributed by atoms with Crippen molar-refractivity contribution in [3.05, 3.63) is 70.3 Å². The standard InChI is InChI=1S/C23H30N4O3/c1-25(2)20(16-18-8-4-3-5-9-18)17-24-23(28)19-12-14-26(15-13-19)21-10-6-7-11-22(21)27(29)30/h3-11,19-20H,12-17H2,1-2H3,(H,24,28). The van der Waals surface area contributed by atoms with Crippen molar-refractivity contribution >= 4 is 17.3 Å². The molecule has 1 aliphatic rings. The zero-order valence-corrected chi connectivity index (χ0v) is 17.7. The summed E-state index contributed by atoms with van der Waals surface area (Å²) in [7, 11) is 4.07. The first-order valence-corrected chi connectivity index (χ1v) is 10.4. The molecule has 1 aliphatic heterocycles. The lowest BCUT2D eigenvalue weighted by molar-refractivity contribution is -0.384. The number of nitrogens with one attached hydrogen (secondary N) is 1. The number of nitrogens with zero attached hydrogens (tertiary/aromatic N) is 3. The van der Waals surface area contributed by atoms with Gasteiger partial charge >= 0.3 is 0 Å². The lowest BCUT2D eigenvalue weighted by atomic mass is 9.95. The van der Waals surface area contributed by atoms with Gasteiger partial charge in [0.1, 0.15) is 5.69 Å². The Morgan fingerprint density at radius 3 is 2.40 bits per heavy atom. The average Bonchev–Trinajstić information content (AvgIpc) is 2.77. The van der Waals surface area contributed by atoms with Crippen molar-refractivity contribution in [1.82, 2.24) is 10.2 Å². The van der Waals surface area contributed by atoms with Gasteiger partial charge in [-0.3, -0.25) is 14.9 Å². The molecule has 7 heteroatoms. The van der Waals surface area contributed by atoms with E-state index in [4.69, 9.17) is 0 Å². The summed E-state index contributed by atoms with van der Waals surface area (Å²) in [6.07, 6.45) is 2.27. The number of rotatable bonds is 8. The number of carbonyl (C=O) groups excluding carboxylic acids is 1. The maximum Gasteiger partial charge on any atom is 0.292 e. The zero-order chi connectivity index (χ0) is 21.5. The number of anilines is 1. The molecule has 1 saturated heterocycles. The molecule has 160 valence electrons. The third-order valence-electron chi connectivity index (χ3n) is 5.84. The van der Waals surface area contributed by atoms with Gasteiger partial charge in [-0.2, -0.15) is 0 Å². The van der Waals surface area contributed by atoms with Gasteiger partial charge < -0.3 is 15.1 Å². The first-order valence-electron chi connectivity index (χ1n) is 10.4. The van der Waals surface area contributed by atoms with Gasteiger partial charge in [0, 0.05) is 37.7 Å². The number of benzene rings is 2. The van der Waals surface area contributed by atoms with E-state index in [1.54, 1.807) is 12.1 Å². The number of hydrogen-bond donors (Lipinski definition) is 1. The molecule has 1 amide bonds. The van der Waals surface area contributed by atoms with E-state index in [1.165, 1.54) is 11.6 Å². The van der Waals surface area contributed by atoms with E-state index >= 15 is 0 Å². The minimum atomic E-state index is -0.345. The van der Waals surface area contributed by atoms with Gasteiger partial charge in [-0.25, -0.2) is 0 Å². The van der Waals surface area contributed by atoms with Crippen LogP contribution in [0.2, 0.25) is 0 Å². The van der Waals surface area contributed by atoms with Crippen molar-refractivity contribution in [2.75, 3.05) is 38.6 Å². The largest absolute Gasteiger partial charge is 0.366 e. The van der Waals surface area contributed by atoms with E-state index in [0.717, 1.165) is 6.42 Å². The molecule has 0 bridgehead atoms. The highest BCUT2D eigenvalue weighted by molar-refractivity contribution is 5.79. The highest BCUT2D eigenvalue weighted by Crippen LogP contribution is 2.31. The number of hydrogen-bond acceptors (Lipinski definition) is 5. The van der Waals surface area contributed by atoms with Gasteiger partial charge in [0.05, 0.1) is 4.92 Å². The highest BCUT2D eigenvalue weighted by Gasteiger charge is 2.28. The molecule has 0 spiro atoms. The SMILES string of the molecule is CN(C)C(CNC(=O)C1CCN(c2ccccc2[N+](=O)[O-])CC1)Cc1ccccc1. The van der Waals surface area contributed by atoms with Crippen LogP contribution in [0.5, 0.6) is 0 Å². The molecular weight excluding hydrogens is 380 g/mol. The van der Waals surface area contributed by atoms with Crippen LogP contribution < -0.4 is 10.2 Å².